The molecule has 118 valence electrons. The van der Waals surface area contributed by atoms with Crippen LogP contribution in [-0.4, -0.2) is 19.1 Å². The van der Waals surface area contributed by atoms with Gasteiger partial charge in [0.05, 0.1) is 25.4 Å². The number of aryl methyl sites for hydroxylation is 2. The Morgan fingerprint density at radius 3 is 2.35 bits per heavy atom. The van der Waals surface area contributed by atoms with Crippen LogP contribution in [0.2, 0.25) is 0 Å². The van der Waals surface area contributed by atoms with E-state index in [-0.39, 0.29) is 5.91 Å². The standard InChI is InChI=1S/C19H19NO3/c1-13-8-9-14(2)17-16(13)19(22-10-11-23-19)18(21)20(17)12-15-6-4-3-5-7-15/h3-9H,10-12H2,1-2H3. The van der Waals surface area contributed by atoms with E-state index >= 15 is 0 Å². The quantitative estimate of drug-likeness (QED) is 0.856. The third-order valence-electron chi connectivity index (χ3n) is 4.59. The maximum Gasteiger partial charge on any atom is 0.292 e. The molecule has 2 aromatic carbocycles. The summed E-state index contributed by atoms with van der Waals surface area (Å²) in [6, 6.07) is 14.1. The van der Waals surface area contributed by atoms with Gasteiger partial charge in [-0.05, 0) is 30.5 Å². The predicted molar refractivity (Wildman–Crippen MR) is 87.1 cm³/mol. The molecule has 0 bridgehead atoms. The summed E-state index contributed by atoms with van der Waals surface area (Å²) in [7, 11) is 0. The summed E-state index contributed by atoms with van der Waals surface area (Å²) in [6.45, 7) is 5.43. The van der Waals surface area contributed by atoms with Crippen molar-refractivity contribution >= 4 is 11.6 Å². The molecule has 1 amide bonds. The van der Waals surface area contributed by atoms with E-state index in [2.05, 4.69) is 0 Å². The topological polar surface area (TPSA) is 38.8 Å². The first-order valence-corrected chi connectivity index (χ1v) is 7.88. The molecule has 1 saturated heterocycles. The third-order valence-corrected chi connectivity index (χ3v) is 4.59. The van der Waals surface area contributed by atoms with Crippen molar-refractivity contribution in [3.8, 4) is 0 Å². The fraction of sp³-hybridized carbons (Fsp3) is 0.316. The normalized spacial score (nSPS) is 18.7. The van der Waals surface area contributed by atoms with Gasteiger partial charge in [-0.3, -0.25) is 4.79 Å². The van der Waals surface area contributed by atoms with Crippen molar-refractivity contribution in [2.24, 2.45) is 0 Å². The van der Waals surface area contributed by atoms with E-state index in [0.717, 1.165) is 27.9 Å². The largest absolute Gasteiger partial charge is 0.336 e. The second-order valence-corrected chi connectivity index (χ2v) is 6.11. The molecule has 1 fully saturated rings. The van der Waals surface area contributed by atoms with Crippen LogP contribution < -0.4 is 4.90 Å². The summed E-state index contributed by atoms with van der Waals surface area (Å²) in [5, 5.41) is 0. The Hall–Kier alpha value is -2.17. The summed E-state index contributed by atoms with van der Waals surface area (Å²) >= 11 is 0. The molecule has 2 heterocycles. The molecule has 0 radical (unpaired) electrons. The molecular weight excluding hydrogens is 290 g/mol. The Labute approximate surface area is 135 Å². The van der Waals surface area contributed by atoms with Crippen LogP contribution in [-0.2, 0) is 26.6 Å². The lowest BCUT2D eigenvalue weighted by atomic mass is 9.98. The second kappa shape index (κ2) is 5.18. The number of fused-ring (bicyclic) bond motifs is 2. The number of benzene rings is 2. The lowest BCUT2D eigenvalue weighted by Crippen LogP contribution is -2.41. The second-order valence-electron chi connectivity index (χ2n) is 6.11. The van der Waals surface area contributed by atoms with Crippen LogP contribution in [0.15, 0.2) is 42.5 Å². The van der Waals surface area contributed by atoms with E-state index in [1.807, 2.05) is 56.3 Å². The van der Waals surface area contributed by atoms with E-state index in [1.54, 1.807) is 4.90 Å². The highest BCUT2D eigenvalue weighted by molar-refractivity contribution is 6.07. The zero-order valence-electron chi connectivity index (χ0n) is 13.3. The monoisotopic (exact) mass is 309 g/mol. The number of ether oxygens (including phenoxy) is 2. The summed E-state index contributed by atoms with van der Waals surface area (Å²) in [5.74, 6) is -1.37. The van der Waals surface area contributed by atoms with Gasteiger partial charge in [-0.25, -0.2) is 0 Å². The average Bonchev–Trinajstić information content (AvgIpc) is 3.13. The highest BCUT2D eigenvalue weighted by atomic mass is 16.7. The van der Waals surface area contributed by atoms with Crippen molar-refractivity contribution in [1.82, 2.24) is 0 Å². The molecule has 0 aromatic heterocycles. The lowest BCUT2D eigenvalue weighted by molar-refractivity contribution is -0.181. The Morgan fingerprint density at radius 1 is 1.00 bits per heavy atom. The molecule has 0 aliphatic carbocycles. The zero-order chi connectivity index (χ0) is 16.0. The van der Waals surface area contributed by atoms with Crippen LogP contribution in [0.25, 0.3) is 0 Å². The van der Waals surface area contributed by atoms with Crippen LogP contribution in [0.4, 0.5) is 5.69 Å². The van der Waals surface area contributed by atoms with E-state index in [9.17, 15) is 4.79 Å². The number of carbonyl (C=O) groups excluding carboxylic acids is 1. The predicted octanol–water partition coefficient (Wildman–Crippen LogP) is 3.05. The third kappa shape index (κ3) is 2.02. The van der Waals surface area contributed by atoms with Crippen molar-refractivity contribution in [2.75, 3.05) is 18.1 Å². The van der Waals surface area contributed by atoms with Crippen LogP contribution in [0.3, 0.4) is 0 Å². The van der Waals surface area contributed by atoms with Gasteiger partial charge >= 0.3 is 0 Å². The van der Waals surface area contributed by atoms with E-state index in [4.69, 9.17) is 9.47 Å². The number of nitrogens with zero attached hydrogens (tertiary/aromatic N) is 1. The first-order chi connectivity index (χ1) is 11.1. The van der Waals surface area contributed by atoms with Gasteiger partial charge in [0.2, 0.25) is 0 Å². The summed E-state index contributed by atoms with van der Waals surface area (Å²) in [4.78, 5) is 15.0. The maximum atomic E-state index is 13.2. The Balaban J connectivity index is 1.86. The van der Waals surface area contributed by atoms with Crippen LogP contribution >= 0.6 is 0 Å². The van der Waals surface area contributed by atoms with Crippen molar-refractivity contribution in [3.05, 3.63) is 64.7 Å². The average molecular weight is 309 g/mol. The molecule has 0 atom stereocenters. The molecule has 4 rings (SSSR count). The summed E-state index contributed by atoms with van der Waals surface area (Å²) < 4.78 is 11.7. The van der Waals surface area contributed by atoms with Crippen LogP contribution in [0.1, 0.15) is 22.3 Å². The number of hydrogen-bond acceptors (Lipinski definition) is 3. The summed E-state index contributed by atoms with van der Waals surface area (Å²) in [5.41, 5.74) is 4.97. The molecule has 2 aliphatic heterocycles. The van der Waals surface area contributed by atoms with Gasteiger partial charge in [0.25, 0.3) is 11.7 Å². The molecule has 2 aliphatic rings. The minimum Gasteiger partial charge on any atom is -0.336 e. The molecule has 2 aromatic rings. The SMILES string of the molecule is Cc1ccc(C)c2c1N(Cc1ccccc1)C(=O)C21OCCO1. The zero-order valence-corrected chi connectivity index (χ0v) is 13.3. The van der Waals surface area contributed by atoms with E-state index < -0.39 is 5.79 Å². The molecule has 4 nitrogen and oxygen atoms in total. The first kappa shape index (κ1) is 14.4. The van der Waals surface area contributed by atoms with Gasteiger partial charge in [-0.1, -0.05) is 42.5 Å². The number of rotatable bonds is 2. The number of hydrogen-bond donors (Lipinski definition) is 0. The van der Waals surface area contributed by atoms with Crippen molar-refractivity contribution in [2.45, 2.75) is 26.2 Å². The molecule has 4 heteroatoms. The Morgan fingerprint density at radius 2 is 1.65 bits per heavy atom. The van der Waals surface area contributed by atoms with E-state index in [1.165, 1.54) is 0 Å². The van der Waals surface area contributed by atoms with Gasteiger partial charge < -0.3 is 14.4 Å². The van der Waals surface area contributed by atoms with Crippen LogP contribution in [0.5, 0.6) is 0 Å². The van der Waals surface area contributed by atoms with Crippen LogP contribution in [0, 0.1) is 13.8 Å². The maximum absolute atomic E-state index is 13.2. The fourth-order valence-electron chi connectivity index (χ4n) is 3.54. The number of anilines is 1. The minimum atomic E-state index is -1.25. The fourth-order valence-corrected chi connectivity index (χ4v) is 3.54. The number of amides is 1. The van der Waals surface area contributed by atoms with Gasteiger partial charge in [-0.2, -0.15) is 0 Å². The minimum absolute atomic E-state index is 0.119. The highest BCUT2D eigenvalue weighted by Gasteiger charge is 2.57. The highest BCUT2D eigenvalue weighted by Crippen LogP contribution is 2.49. The lowest BCUT2D eigenvalue weighted by Gasteiger charge is -2.22. The van der Waals surface area contributed by atoms with E-state index in [0.29, 0.717) is 19.8 Å². The first-order valence-electron chi connectivity index (χ1n) is 7.88. The van der Waals surface area contributed by atoms with Crippen molar-refractivity contribution in [1.29, 1.82) is 0 Å². The molecule has 0 saturated carbocycles. The molecule has 1 spiro atoms. The molecule has 0 N–H and O–H groups in total. The number of carbonyl (C=O) groups is 1. The molecular formula is C19H19NO3. The smallest absolute Gasteiger partial charge is 0.292 e. The molecule has 23 heavy (non-hydrogen) atoms. The van der Waals surface area contributed by atoms with Gasteiger partial charge in [0.15, 0.2) is 0 Å². The Kier molecular flexibility index (Phi) is 3.25. The summed E-state index contributed by atoms with van der Waals surface area (Å²) in [6.07, 6.45) is 0. The van der Waals surface area contributed by atoms with Gasteiger partial charge in [0.1, 0.15) is 0 Å². The van der Waals surface area contributed by atoms with Crippen molar-refractivity contribution < 1.29 is 14.3 Å². The Bertz CT molecular complexity index is 764. The van der Waals surface area contributed by atoms with Gasteiger partial charge in [0, 0.05) is 5.56 Å². The molecule has 0 unspecified atom stereocenters. The van der Waals surface area contributed by atoms with Crippen molar-refractivity contribution in [3.63, 3.8) is 0 Å². The van der Waals surface area contributed by atoms with Gasteiger partial charge in [-0.15, -0.1) is 0 Å².